The SMILES string of the molecule is CC1CC(C)[N](C)[Sn]2([N]1C)[N](C)C(C)CC(C)[N]2C. The Morgan fingerprint density at radius 2 is 0.789 bits per heavy atom. The normalized spacial score (nSPS) is 48.0. The minimum atomic E-state index is -2.83. The zero-order chi connectivity index (χ0) is 14.5. The van der Waals surface area contributed by atoms with Crippen molar-refractivity contribution in [2.45, 2.75) is 64.7 Å². The van der Waals surface area contributed by atoms with Gasteiger partial charge in [0, 0.05) is 0 Å². The molecule has 0 radical (unpaired) electrons. The fourth-order valence-electron chi connectivity index (χ4n) is 4.30. The van der Waals surface area contributed by atoms with Crippen molar-refractivity contribution >= 4 is 19.5 Å². The molecule has 2 saturated heterocycles. The van der Waals surface area contributed by atoms with E-state index in [1.165, 1.54) is 12.8 Å². The quantitative estimate of drug-likeness (QED) is 0.596. The molecule has 2 fully saturated rings. The van der Waals surface area contributed by atoms with Crippen molar-refractivity contribution in [1.29, 1.82) is 0 Å². The van der Waals surface area contributed by atoms with Crippen LogP contribution in [0, 0.1) is 0 Å². The first-order valence-corrected chi connectivity index (χ1v) is 12.8. The van der Waals surface area contributed by atoms with Crippen LogP contribution >= 0.6 is 0 Å². The maximum absolute atomic E-state index is 2.83. The van der Waals surface area contributed by atoms with E-state index in [-0.39, 0.29) is 0 Å². The molecule has 4 atom stereocenters. The molecule has 0 bridgehead atoms. The fourth-order valence-corrected chi connectivity index (χ4v) is 20.8. The third-order valence-electron chi connectivity index (χ3n) is 5.90. The third kappa shape index (κ3) is 2.18. The second-order valence-electron chi connectivity index (χ2n) is 6.91. The van der Waals surface area contributed by atoms with Gasteiger partial charge in [0.1, 0.15) is 0 Å². The van der Waals surface area contributed by atoms with Crippen molar-refractivity contribution in [2.24, 2.45) is 0 Å². The molecule has 5 heteroatoms. The van der Waals surface area contributed by atoms with Crippen LogP contribution in [0.15, 0.2) is 0 Å². The molecule has 0 aromatic carbocycles. The van der Waals surface area contributed by atoms with Gasteiger partial charge in [-0.05, 0) is 0 Å². The van der Waals surface area contributed by atoms with Crippen molar-refractivity contribution in [2.75, 3.05) is 28.2 Å². The van der Waals surface area contributed by atoms with Crippen LogP contribution < -0.4 is 0 Å². The first-order valence-electron chi connectivity index (χ1n) is 7.66. The van der Waals surface area contributed by atoms with Crippen LogP contribution in [0.5, 0.6) is 0 Å². The molecule has 0 aliphatic carbocycles. The Bertz CT molecular complexity index is 274. The molecule has 2 heterocycles. The second kappa shape index (κ2) is 5.44. The van der Waals surface area contributed by atoms with Crippen LogP contribution in [-0.2, 0) is 0 Å². The van der Waals surface area contributed by atoms with Gasteiger partial charge in [-0.2, -0.15) is 0 Å². The summed E-state index contributed by atoms with van der Waals surface area (Å²) in [6.45, 7) is 9.64. The summed E-state index contributed by atoms with van der Waals surface area (Å²) in [4.78, 5) is 0. The number of rotatable bonds is 0. The van der Waals surface area contributed by atoms with E-state index < -0.39 is 19.5 Å². The Morgan fingerprint density at radius 1 is 0.579 bits per heavy atom. The summed E-state index contributed by atoms with van der Waals surface area (Å²) >= 11 is -2.83. The van der Waals surface area contributed by atoms with Crippen molar-refractivity contribution in [1.82, 2.24) is 12.5 Å². The van der Waals surface area contributed by atoms with E-state index in [0.717, 1.165) is 0 Å². The van der Waals surface area contributed by atoms with Crippen LogP contribution in [0.1, 0.15) is 40.5 Å². The summed E-state index contributed by atoms with van der Waals surface area (Å²) in [5.74, 6) is 0. The number of hydrogen-bond acceptors (Lipinski definition) is 4. The monoisotopic (exact) mass is 376 g/mol. The van der Waals surface area contributed by atoms with Gasteiger partial charge in [-0.1, -0.05) is 0 Å². The van der Waals surface area contributed by atoms with E-state index in [2.05, 4.69) is 68.4 Å². The average Bonchev–Trinajstić information content (AvgIpc) is 2.35. The third-order valence-corrected chi connectivity index (χ3v) is 21.7. The summed E-state index contributed by atoms with van der Waals surface area (Å²) in [5, 5.41) is 0. The van der Waals surface area contributed by atoms with Gasteiger partial charge in [0.25, 0.3) is 0 Å². The standard InChI is InChI=1S/2C7H16N2.Sn/c2*1-6(8-3)5-7(2)9-4;/h2*6-7H,5H2,1-4H3;/q2*-2;+4. The van der Waals surface area contributed by atoms with Crippen molar-refractivity contribution in [3.63, 3.8) is 0 Å². The topological polar surface area (TPSA) is 13.0 Å². The molecule has 2 aliphatic rings. The zero-order valence-corrected chi connectivity index (χ0v) is 16.9. The predicted molar refractivity (Wildman–Crippen MR) is 83.9 cm³/mol. The maximum atomic E-state index is 2.76. The number of hydrogen-bond donors (Lipinski definition) is 0. The average molecular weight is 375 g/mol. The Morgan fingerprint density at radius 3 is 1.00 bits per heavy atom. The summed E-state index contributed by atoms with van der Waals surface area (Å²) in [6.07, 6.45) is 2.58. The first-order chi connectivity index (χ1) is 8.74. The molecule has 1 spiro atoms. The zero-order valence-electron chi connectivity index (χ0n) is 14.0. The van der Waals surface area contributed by atoms with Crippen LogP contribution in [0.25, 0.3) is 0 Å². The summed E-state index contributed by atoms with van der Waals surface area (Å²) in [7, 11) is 9.50. The van der Waals surface area contributed by atoms with E-state index in [1.807, 2.05) is 0 Å². The summed E-state index contributed by atoms with van der Waals surface area (Å²) < 4.78 is 11.1. The van der Waals surface area contributed by atoms with Crippen molar-refractivity contribution in [3.8, 4) is 0 Å². The molecule has 0 aromatic heterocycles. The Kier molecular flexibility index (Phi) is 4.59. The van der Waals surface area contributed by atoms with Gasteiger partial charge in [-0.15, -0.1) is 0 Å². The van der Waals surface area contributed by atoms with E-state index in [0.29, 0.717) is 24.2 Å². The van der Waals surface area contributed by atoms with Gasteiger partial charge in [-0.25, -0.2) is 0 Å². The Balaban J connectivity index is 2.50. The molecule has 112 valence electrons. The van der Waals surface area contributed by atoms with Crippen LogP contribution in [-0.4, -0.2) is 84.3 Å². The Labute approximate surface area is 125 Å². The molecule has 0 amide bonds. The van der Waals surface area contributed by atoms with Gasteiger partial charge >= 0.3 is 125 Å². The van der Waals surface area contributed by atoms with E-state index in [9.17, 15) is 0 Å². The van der Waals surface area contributed by atoms with Crippen LogP contribution in [0.4, 0.5) is 0 Å². The van der Waals surface area contributed by atoms with Crippen LogP contribution in [0.3, 0.4) is 0 Å². The van der Waals surface area contributed by atoms with Gasteiger partial charge in [0.15, 0.2) is 0 Å². The van der Waals surface area contributed by atoms with Gasteiger partial charge in [-0.3, -0.25) is 0 Å². The fraction of sp³-hybridized carbons (Fsp3) is 1.00. The summed E-state index contributed by atoms with van der Waals surface area (Å²) in [5.41, 5.74) is 0. The molecular weight excluding hydrogens is 343 g/mol. The van der Waals surface area contributed by atoms with Gasteiger partial charge < -0.3 is 0 Å². The predicted octanol–water partition coefficient (Wildman–Crippen LogP) is 1.51. The molecule has 19 heavy (non-hydrogen) atoms. The van der Waals surface area contributed by atoms with Crippen LogP contribution in [0.2, 0.25) is 0 Å². The molecule has 4 unspecified atom stereocenters. The molecule has 2 rings (SSSR count). The second-order valence-corrected chi connectivity index (χ2v) is 18.4. The van der Waals surface area contributed by atoms with Gasteiger partial charge in [0.05, 0.1) is 0 Å². The molecule has 4 nitrogen and oxygen atoms in total. The number of nitrogens with zero attached hydrogens (tertiary/aromatic N) is 4. The Hall–Kier alpha value is 0.639. The first kappa shape index (κ1) is 16.0. The molecule has 0 saturated carbocycles. The van der Waals surface area contributed by atoms with Crippen molar-refractivity contribution < 1.29 is 0 Å². The molecule has 2 aliphatic heterocycles. The van der Waals surface area contributed by atoms with Gasteiger partial charge in [0.2, 0.25) is 0 Å². The van der Waals surface area contributed by atoms with E-state index in [4.69, 9.17) is 0 Å². The summed E-state index contributed by atoms with van der Waals surface area (Å²) in [6, 6.07) is 2.79. The molecule has 0 aromatic rings. The minimum absolute atomic E-state index is 0.699. The molecular formula is C14H32N4Sn. The van der Waals surface area contributed by atoms with E-state index >= 15 is 0 Å². The van der Waals surface area contributed by atoms with E-state index in [1.54, 1.807) is 0 Å². The molecule has 0 N–H and O–H groups in total. The van der Waals surface area contributed by atoms with Crippen molar-refractivity contribution in [3.05, 3.63) is 0 Å².